The van der Waals surface area contributed by atoms with E-state index in [0.717, 1.165) is 6.07 Å². The number of rotatable bonds is 4. The van der Waals surface area contributed by atoms with Crippen molar-refractivity contribution in [2.24, 2.45) is 0 Å². The minimum atomic E-state index is -0.946. The number of carbonyl (C=O) groups excluding carboxylic acids is 1. The maximum Gasteiger partial charge on any atom is 0.254 e. The highest BCUT2D eigenvalue weighted by atomic mass is 19.1. The molecule has 0 saturated heterocycles. The van der Waals surface area contributed by atoms with E-state index in [1.165, 1.54) is 7.11 Å². The Labute approximate surface area is 97.8 Å². The lowest BCUT2D eigenvalue weighted by molar-refractivity contribution is 0.0901. The Hall–Kier alpha value is -1.69. The van der Waals surface area contributed by atoms with E-state index in [9.17, 15) is 13.6 Å². The first kappa shape index (κ1) is 13.4. The molecule has 1 rings (SSSR count). The summed E-state index contributed by atoms with van der Waals surface area (Å²) in [6.45, 7) is 2.00. The van der Waals surface area contributed by atoms with E-state index >= 15 is 0 Å². The average molecular weight is 244 g/mol. The van der Waals surface area contributed by atoms with E-state index in [2.05, 4.69) is 5.32 Å². The molecule has 4 nitrogen and oxygen atoms in total. The number of methoxy groups -OCH3 is 1. The maximum atomic E-state index is 13.3. The van der Waals surface area contributed by atoms with Crippen LogP contribution in [0, 0.1) is 11.6 Å². The Morgan fingerprint density at radius 3 is 2.71 bits per heavy atom. The molecule has 0 spiro atoms. The summed E-state index contributed by atoms with van der Waals surface area (Å²) in [7, 11) is 1.49. The Kier molecular flexibility index (Phi) is 4.39. The summed E-state index contributed by atoms with van der Waals surface area (Å²) in [6, 6.07) is 1.28. The fraction of sp³-hybridized carbons (Fsp3) is 0.364. The van der Waals surface area contributed by atoms with Crippen LogP contribution in [0.5, 0.6) is 0 Å². The van der Waals surface area contributed by atoms with Crippen molar-refractivity contribution < 1.29 is 18.3 Å². The van der Waals surface area contributed by atoms with Crippen LogP contribution in [-0.4, -0.2) is 25.7 Å². The van der Waals surface area contributed by atoms with Gasteiger partial charge in [0, 0.05) is 19.2 Å². The third kappa shape index (κ3) is 3.39. The zero-order valence-corrected chi connectivity index (χ0v) is 9.59. The quantitative estimate of drug-likeness (QED) is 0.785. The molecular weight excluding hydrogens is 230 g/mol. The van der Waals surface area contributed by atoms with E-state index in [1.807, 2.05) is 0 Å². The number of nitrogens with two attached hydrogens (primary N) is 1. The molecule has 0 fully saturated rings. The molecule has 94 valence electrons. The summed E-state index contributed by atoms with van der Waals surface area (Å²) in [5, 5.41) is 2.50. The number of hydrogen-bond acceptors (Lipinski definition) is 3. The van der Waals surface area contributed by atoms with Crippen LogP contribution < -0.4 is 11.1 Å². The zero-order chi connectivity index (χ0) is 13.0. The van der Waals surface area contributed by atoms with Crippen molar-refractivity contribution in [3.63, 3.8) is 0 Å². The minimum Gasteiger partial charge on any atom is -0.396 e. The van der Waals surface area contributed by atoms with Crippen LogP contribution >= 0.6 is 0 Å². The van der Waals surface area contributed by atoms with Crippen LogP contribution in [0.4, 0.5) is 14.5 Å². The third-order valence-electron chi connectivity index (χ3n) is 2.13. The molecule has 0 heterocycles. The van der Waals surface area contributed by atoms with Crippen LogP contribution in [0.2, 0.25) is 0 Å². The molecule has 17 heavy (non-hydrogen) atoms. The summed E-state index contributed by atoms with van der Waals surface area (Å²) >= 11 is 0. The standard InChI is InChI=1S/C11H14F2N2O2/c1-6(5-17-2)15-11(16)7-3-10(14)9(13)4-8(7)12/h3-4,6H,5,14H2,1-2H3,(H,15,16). The highest BCUT2D eigenvalue weighted by Crippen LogP contribution is 2.16. The minimum absolute atomic E-state index is 0.268. The summed E-state index contributed by atoms with van der Waals surface area (Å²) in [4.78, 5) is 11.6. The summed E-state index contributed by atoms with van der Waals surface area (Å²) < 4.78 is 31.0. The second-order valence-corrected chi connectivity index (χ2v) is 3.68. The predicted octanol–water partition coefficient (Wildman–Crippen LogP) is 1.31. The van der Waals surface area contributed by atoms with Crippen LogP contribution in [0.3, 0.4) is 0 Å². The largest absolute Gasteiger partial charge is 0.396 e. The van der Waals surface area contributed by atoms with Gasteiger partial charge in [0.2, 0.25) is 0 Å². The smallest absolute Gasteiger partial charge is 0.254 e. The van der Waals surface area contributed by atoms with E-state index in [4.69, 9.17) is 10.5 Å². The SMILES string of the molecule is COCC(C)NC(=O)c1cc(N)c(F)cc1F. The van der Waals surface area contributed by atoms with Gasteiger partial charge in [0.05, 0.1) is 17.9 Å². The first-order valence-corrected chi connectivity index (χ1v) is 5.00. The second-order valence-electron chi connectivity index (χ2n) is 3.68. The molecule has 0 aromatic heterocycles. The fourth-order valence-corrected chi connectivity index (χ4v) is 1.33. The first-order valence-electron chi connectivity index (χ1n) is 5.00. The molecule has 0 aliphatic carbocycles. The van der Waals surface area contributed by atoms with Crippen molar-refractivity contribution in [2.75, 3.05) is 19.5 Å². The normalized spacial score (nSPS) is 12.2. The molecule has 1 atom stereocenters. The molecule has 0 saturated carbocycles. The lowest BCUT2D eigenvalue weighted by Crippen LogP contribution is -2.36. The molecule has 1 aromatic carbocycles. The maximum absolute atomic E-state index is 13.3. The van der Waals surface area contributed by atoms with E-state index in [-0.39, 0.29) is 17.3 Å². The number of benzene rings is 1. The Morgan fingerprint density at radius 1 is 1.47 bits per heavy atom. The molecule has 0 aliphatic rings. The second kappa shape index (κ2) is 5.58. The summed E-state index contributed by atoms with van der Waals surface area (Å²) in [5.41, 5.74) is 4.72. The van der Waals surface area contributed by atoms with Gasteiger partial charge in [0.1, 0.15) is 11.6 Å². The van der Waals surface area contributed by atoms with Gasteiger partial charge < -0.3 is 15.8 Å². The number of hydrogen-bond donors (Lipinski definition) is 2. The molecule has 0 radical (unpaired) electrons. The van der Waals surface area contributed by atoms with Gasteiger partial charge in [-0.3, -0.25) is 4.79 Å². The average Bonchev–Trinajstić information content (AvgIpc) is 2.23. The van der Waals surface area contributed by atoms with Gasteiger partial charge >= 0.3 is 0 Å². The third-order valence-corrected chi connectivity index (χ3v) is 2.13. The lowest BCUT2D eigenvalue weighted by atomic mass is 10.1. The van der Waals surface area contributed by atoms with Crippen molar-refractivity contribution in [1.82, 2.24) is 5.32 Å². The van der Waals surface area contributed by atoms with Crippen LogP contribution in [0.25, 0.3) is 0 Å². The molecule has 0 aliphatic heterocycles. The highest BCUT2D eigenvalue weighted by molar-refractivity contribution is 5.95. The molecule has 1 unspecified atom stereocenters. The van der Waals surface area contributed by atoms with Gasteiger partial charge in [-0.15, -0.1) is 0 Å². The van der Waals surface area contributed by atoms with E-state index in [1.54, 1.807) is 6.92 Å². The number of halogens is 2. The molecule has 1 amide bonds. The number of ether oxygens (including phenoxy) is 1. The van der Waals surface area contributed by atoms with Crippen molar-refractivity contribution in [3.05, 3.63) is 29.3 Å². The zero-order valence-electron chi connectivity index (χ0n) is 9.59. The predicted molar refractivity (Wildman–Crippen MR) is 59.6 cm³/mol. The first-order chi connectivity index (χ1) is 7.95. The molecule has 1 aromatic rings. The Balaban J connectivity index is 2.86. The molecule has 3 N–H and O–H groups in total. The topological polar surface area (TPSA) is 64.3 Å². The van der Waals surface area contributed by atoms with Gasteiger partial charge in [0.15, 0.2) is 0 Å². The number of anilines is 1. The van der Waals surface area contributed by atoms with E-state index < -0.39 is 17.5 Å². The van der Waals surface area contributed by atoms with Crippen molar-refractivity contribution >= 4 is 11.6 Å². The van der Waals surface area contributed by atoms with Gasteiger partial charge in [0.25, 0.3) is 5.91 Å². The molecular formula is C11H14F2N2O2. The Bertz CT molecular complexity index is 424. The van der Waals surface area contributed by atoms with Crippen LogP contribution in [0.15, 0.2) is 12.1 Å². The molecule has 0 bridgehead atoms. The Morgan fingerprint density at radius 2 is 2.12 bits per heavy atom. The van der Waals surface area contributed by atoms with Crippen LogP contribution in [-0.2, 0) is 4.74 Å². The number of nitrogen functional groups attached to an aromatic ring is 1. The summed E-state index contributed by atoms with van der Waals surface area (Å²) in [6.07, 6.45) is 0. The van der Waals surface area contributed by atoms with Crippen molar-refractivity contribution in [1.29, 1.82) is 0 Å². The van der Waals surface area contributed by atoms with Gasteiger partial charge in [-0.2, -0.15) is 0 Å². The number of amides is 1. The molecule has 6 heteroatoms. The lowest BCUT2D eigenvalue weighted by Gasteiger charge is -2.13. The van der Waals surface area contributed by atoms with Crippen molar-refractivity contribution in [3.8, 4) is 0 Å². The van der Waals surface area contributed by atoms with Crippen molar-refractivity contribution in [2.45, 2.75) is 13.0 Å². The number of carbonyl (C=O) groups is 1. The van der Waals surface area contributed by atoms with Gasteiger partial charge in [-0.25, -0.2) is 8.78 Å². The fourth-order valence-electron chi connectivity index (χ4n) is 1.33. The monoisotopic (exact) mass is 244 g/mol. The van der Waals surface area contributed by atoms with Crippen LogP contribution in [0.1, 0.15) is 17.3 Å². The van der Waals surface area contributed by atoms with Gasteiger partial charge in [-0.1, -0.05) is 0 Å². The van der Waals surface area contributed by atoms with Gasteiger partial charge in [-0.05, 0) is 13.0 Å². The highest BCUT2D eigenvalue weighted by Gasteiger charge is 2.16. The number of nitrogens with one attached hydrogen (secondary N) is 1. The van der Waals surface area contributed by atoms with E-state index in [0.29, 0.717) is 12.7 Å². The summed E-state index contributed by atoms with van der Waals surface area (Å²) in [5.74, 6) is -2.48.